The third kappa shape index (κ3) is 4.14. The summed E-state index contributed by atoms with van der Waals surface area (Å²) in [5, 5.41) is 11.2. The molecule has 0 atom stereocenters. The van der Waals surface area contributed by atoms with E-state index < -0.39 is 17.2 Å². The Morgan fingerprint density at radius 1 is 1.00 bits per heavy atom. The van der Waals surface area contributed by atoms with Crippen molar-refractivity contribution in [3.63, 3.8) is 0 Å². The molecule has 0 spiro atoms. The van der Waals surface area contributed by atoms with Crippen molar-refractivity contribution in [1.29, 1.82) is 0 Å². The Labute approximate surface area is 217 Å². The molecule has 186 valence electrons. The zero-order chi connectivity index (χ0) is 24.3. The highest BCUT2D eigenvalue weighted by Crippen LogP contribution is 2.38. The molecule has 0 bridgehead atoms. The molecule has 4 aromatic rings. The minimum Gasteiger partial charge on any atom is -0.477 e. The molecule has 1 aliphatic carbocycles. The van der Waals surface area contributed by atoms with E-state index in [2.05, 4.69) is 9.88 Å². The summed E-state index contributed by atoms with van der Waals surface area (Å²) in [6.07, 6.45) is 5.00. The Bertz CT molecular complexity index is 1560. The zero-order valence-electron chi connectivity index (χ0n) is 19.2. The quantitative estimate of drug-likeness (QED) is 0.395. The maximum atomic E-state index is 15.3. The van der Waals surface area contributed by atoms with Crippen LogP contribution in [0.5, 0.6) is 0 Å². The van der Waals surface area contributed by atoms with Crippen molar-refractivity contribution in [2.45, 2.75) is 18.9 Å². The van der Waals surface area contributed by atoms with Gasteiger partial charge in [0.05, 0.1) is 16.7 Å². The number of aromatic carboxylic acids is 1. The highest BCUT2D eigenvalue weighted by molar-refractivity contribution is 6.31. The molecule has 1 N–H and O–H groups in total. The molecule has 1 saturated heterocycles. The van der Waals surface area contributed by atoms with Gasteiger partial charge in [-0.2, -0.15) is 0 Å². The van der Waals surface area contributed by atoms with Crippen LogP contribution in [0.4, 0.5) is 15.8 Å². The smallest absolute Gasteiger partial charge is 0.341 e. The Balaban J connectivity index is 0.00000267. The van der Waals surface area contributed by atoms with E-state index in [1.54, 1.807) is 12.3 Å². The Morgan fingerprint density at radius 3 is 2.36 bits per heavy atom. The number of halogens is 3. The van der Waals surface area contributed by atoms with E-state index in [0.717, 1.165) is 29.4 Å². The number of benzene rings is 2. The third-order valence-corrected chi connectivity index (χ3v) is 7.15. The summed E-state index contributed by atoms with van der Waals surface area (Å²) < 4.78 is 17.1. The van der Waals surface area contributed by atoms with Crippen molar-refractivity contribution < 1.29 is 14.3 Å². The number of carbonyl (C=O) groups is 1. The highest BCUT2D eigenvalue weighted by atomic mass is 35.5. The van der Waals surface area contributed by atoms with Gasteiger partial charge in [-0.05, 0) is 49.2 Å². The average molecular weight is 529 g/mol. The summed E-state index contributed by atoms with van der Waals surface area (Å²) in [6, 6.07) is 10.7. The first-order valence-electron chi connectivity index (χ1n) is 11.6. The minimum atomic E-state index is -1.29. The van der Waals surface area contributed by atoms with Gasteiger partial charge in [0.25, 0.3) is 0 Å². The lowest BCUT2D eigenvalue weighted by molar-refractivity contribution is 0.0695. The molecular weight excluding hydrogens is 506 g/mol. The molecule has 0 radical (unpaired) electrons. The molecule has 3 heterocycles. The SMILES string of the molecule is Cl.O=C(O)c1cn(C2CC2)c2cc(N3CCN(c4ccnc5cc(Cl)ccc45)CC3)c(F)cc2c1=O. The second kappa shape index (κ2) is 9.26. The van der Waals surface area contributed by atoms with Crippen molar-refractivity contribution in [2.24, 2.45) is 0 Å². The van der Waals surface area contributed by atoms with Crippen molar-refractivity contribution in [3.8, 4) is 0 Å². The maximum Gasteiger partial charge on any atom is 0.341 e. The summed E-state index contributed by atoms with van der Waals surface area (Å²) in [4.78, 5) is 33.0. The van der Waals surface area contributed by atoms with Crippen LogP contribution in [-0.4, -0.2) is 46.8 Å². The van der Waals surface area contributed by atoms with E-state index in [4.69, 9.17) is 11.6 Å². The highest BCUT2D eigenvalue weighted by Gasteiger charge is 2.28. The van der Waals surface area contributed by atoms with Gasteiger partial charge in [-0.25, -0.2) is 9.18 Å². The predicted octanol–water partition coefficient (Wildman–Crippen LogP) is 5.12. The fourth-order valence-electron chi connectivity index (χ4n) is 4.98. The average Bonchev–Trinajstić information content (AvgIpc) is 3.69. The van der Waals surface area contributed by atoms with Crippen LogP contribution >= 0.6 is 24.0 Å². The molecule has 2 aromatic heterocycles. The molecule has 2 aliphatic rings. The molecule has 36 heavy (non-hydrogen) atoms. The van der Waals surface area contributed by atoms with Crippen LogP contribution in [0.1, 0.15) is 29.2 Å². The largest absolute Gasteiger partial charge is 0.477 e. The lowest BCUT2D eigenvalue weighted by atomic mass is 10.1. The number of pyridine rings is 2. The number of rotatable bonds is 4. The lowest BCUT2D eigenvalue weighted by Gasteiger charge is -2.38. The number of hydrogen-bond donors (Lipinski definition) is 1. The molecule has 0 amide bonds. The molecule has 10 heteroatoms. The molecule has 1 aliphatic heterocycles. The van der Waals surface area contributed by atoms with Crippen LogP contribution in [-0.2, 0) is 0 Å². The molecule has 0 unspecified atom stereocenters. The van der Waals surface area contributed by atoms with Crippen LogP contribution in [0.3, 0.4) is 0 Å². The van der Waals surface area contributed by atoms with Crippen molar-refractivity contribution in [3.05, 3.63) is 75.4 Å². The predicted molar refractivity (Wildman–Crippen MR) is 142 cm³/mol. The van der Waals surface area contributed by atoms with Gasteiger partial charge in [0.15, 0.2) is 0 Å². The maximum absolute atomic E-state index is 15.3. The molecule has 6 rings (SSSR count). The molecule has 2 aromatic carbocycles. The van der Waals surface area contributed by atoms with Gasteiger partial charge in [0.1, 0.15) is 11.4 Å². The zero-order valence-corrected chi connectivity index (χ0v) is 20.7. The standard InChI is InChI=1S/C26H22ClFN4O3.ClH/c27-15-1-4-17-21(11-15)29-6-5-22(17)30-7-9-31(10-8-30)24-13-23-18(12-20(24)28)25(33)19(26(34)35)14-32(23)16-2-3-16;/h1,4-6,11-14,16H,2-3,7-10H2,(H,34,35);1H. The van der Waals surface area contributed by atoms with Crippen LogP contribution in [0.15, 0.2) is 53.6 Å². The van der Waals surface area contributed by atoms with E-state index in [0.29, 0.717) is 42.4 Å². The van der Waals surface area contributed by atoms with Crippen LogP contribution < -0.4 is 15.2 Å². The lowest BCUT2D eigenvalue weighted by Crippen LogP contribution is -2.47. The van der Waals surface area contributed by atoms with Gasteiger partial charge < -0.3 is 19.5 Å². The fourth-order valence-corrected chi connectivity index (χ4v) is 5.14. The first kappa shape index (κ1) is 24.3. The van der Waals surface area contributed by atoms with Gasteiger partial charge in [-0.1, -0.05) is 11.6 Å². The third-order valence-electron chi connectivity index (χ3n) is 6.91. The van der Waals surface area contributed by atoms with Crippen molar-refractivity contribution in [2.75, 3.05) is 36.0 Å². The number of piperazine rings is 1. The second-order valence-electron chi connectivity index (χ2n) is 9.10. The van der Waals surface area contributed by atoms with E-state index in [-0.39, 0.29) is 29.4 Å². The minimum absolute atomic E-state index is 0. The Hall–Kier alpha value is -3.36. The van der Waals surface area contributed by atoms with Crippen molar-refractivity contribution >= 4 is 63.2 Å². The van der Waals surface area contributed by atoms with Gasteiger partial charge in [-0.3, -0.25) is 9.78 Å². The normalized spacial score (nSPS) is 15.8. The summed E-state index contributed by atoms with van der Waals surface area (Å²) in [6.45, 7) is 2.57. The van der Waals surface area contributed by atoms with Gasteiger partial charge in [-0.15, -0.1) is 12.4 Å². The van der Waals surface area contributed by atoms with E-state index >= 15 is 4.39 Å². The monoisotopic (exact) mass is 528 g/mol. The molecule has 1 saturated carbocycles. The second-order valence-corrected chi connectivity index (χ2v) is 9.54. The van der Waals surface area contributed by atoms with Crippen molar-refractivity contribution in [1.82, 2.24) is 9.55 Å². The fraction of sp³-hybridized carbons (Fsp3) is 0.269. The van der Waals surface area contributed by atoms with Crippen LogP contribution in [0.2, 0.25) is 5.02 Å². The number of anilines is 2. The summed E-state index contributed by atoms with van der Waals surface area (Å²) in [7, 11) is 0. The molecular formula is C26H23Cl2FN4O3. The van der Waals surface area contributed by atoms with Gasteiger partial charge >= 0.3 is 5.97 Å². The molecule has 2 fully saturated rings. The number of fused-ring (bicyclic) bond motifs is 2. The summed E-state index contributed by atoms with van der Waals surface area (Å²) >= 11 is 6.12. The number of aromatic nitrogens is 2. The van der Waals surface area contributed by atoms with Crippen LogP contribution in [0.25, 0.3) is 21.8 Å². The first-order chi connectivity index (χ1) is 16.9. The summed E-state index contributed by atoms with van der Waals surface area (Å²) in [5.74, 6) is -1.81. The van der Waals surface area contributed by atoms with Gasteiger partial charge in [0.2, 0.25) is 5.43 Å². The van der Waals surface area contributed by atoms with Crippen LogP contribution in [0, 0.1) is 5.82 Å². The summed E-state index contributed by atoms with van der Waals surface area (Å²) in [5.41, 5.74) is 1.94. The Kier molecular flexibility index (Phi) is 6.26. The number of carboxylic acids is 1. The number of nitrogens with zero attached hydrogens (tertiary/aromatic N) is 4. The molecule has 7 nitrogen and oxygen atoms in total. The van der Waals surface area contributed by atoms with Gasteiger partial charge in [0, 0.05) is 66.1 Å². The van der Waals surface area contributed by atoms with E-state index in [9.17, 15) is 14.7 Å². The van der Waals surface area contributed by atoms with E-state index in [1.807, 2.05) is 33.7 Å². The number of hydrogen-bond acceptors (Lipinski definition) is 5. The first-order valence-corrected chi connectivity index (χ1v) is 11.9. The van der Waals surface area contributed by atoms with E-state index in [1.165, 1.54) is 12.3 Å². The Morgan fingerprint density at radius 2 is 1.69 bits per heavy atom. The number of carboxylic acid groups (broad SMARTS) is 1. The topological polar surface area (TPSA) is 78.7 Å².